The number of alkyl halides is 3. The molecule has 0 aromatic heterocycles. The summed E-state index contributed by atoms with van der Waals surface area (Å²) in [6.45, 7) is 0.397. The summed E-state index contributed by atoms with van der Waals surface area (Å²) in [6, 6.07) is 0.530. The number of aliphatic hydroxyl groups is 3. The summed E-state index contributed by atoms with van der Waals surface area (Å²) in [5.74, 6) is -8.67. The molecular formula is C30H37F3N4O7. The predicted molar refractivity (Wildman–Crippen MR) is 153 cm³/mol. The summed E-state index contributed by atoms with van der Waals surface area (Å²) < 4.78 is 39.6. The molecule has 14 heteroatoms. The third-order valence-electron chi connectivity index (χ3n) is 9.70. The maximum Gasteiger partial charge on any atom is 0.391 e. The lowest BCUT2D eigenvalue weighted by atomic mass is 9.57. The van der Waals surface area contributed by atoms with Gasteiger partial charge in [-0.3, -0.25) is 24.2 Å². The number of fused-ring (bicyclic) bond motifs is 3. The van der Waals surface area contributed by atoms with Crippen LogP contribution in [0.4, 0.5) is 18.9 Å². The number of carbonyl (C=O) groups excluding carboxylic acids is 3. The van der Waals surface area contributed by atoms with E-state index in [4.69, 9.17) is 5.73 Å². The number of nitrogens with zero attached hydrogens (tertiary/aromatic N) is 3. The third kappa shape index (κ3) is 4.74. The lowest BCUT2D eigenvalue weighted by Gasteiger charge is -2.50. The van der Waals surface area contributed by atoms with Crippen LogP contribution in [0.2, 0.25) is 0 Å². The van der Waals surface area contributed by atoms with Gasteiger partial charge in [0.05, 0.1) is 17.5 Å². The molecule has 4 atom stereocenters. The molecule has 1 aromatic carbocycles. The molecule has 44 heavy (non-hydrogen) atoms. The Balaban J connectivity index is 1.61. The van der Waals surface area contributed by atoms with Crippen molar-refractivity contribution in [2.45, 2.75) is 50.0 Å². The number of halogens is 3. The number of amides is 1. The van der Waals surface area contributed by atoms with Gasteiger partial charge in [-0.25, -0.2) is 0 Å². The summed E-state index contributed by atoms with van der Waals surface area (Å²) in [4.78, 5) is 44.5. The standard InChI is InChI=1S/C30H37F3N4O7/c1-35(2)18-11-14(12-37-7-5-15(6-8-37)30(31,32)33)23(38)20-16(18)9-13-10-17-22(36(3)4)25(40)21(28(34)43)27(42)29(17,44)26(41)19(13)24(20)39/h11,13,15,17,22,38-39,42,44H,5-10,12H2,1-4H3,(H2,34,43)/t13-,17-,22-,29-/m0/s1. The van der Waals surface area contributed by atoms with Crippen molar-refractivity contribution in [1.82, 2.24) is 9.80 Å². The van der Waals surface area contributed by atoms with Gasteiger partial charge in [0.15, 0.2) is 11.4 Å². The van der Waals surface area contributed by atoms with Gasteiger partial charge in [-0.05, 0) is 70.4 Å². The number of aliphatic hydroxyl groups excluding tert-OH is 2. The second kappa shape index (κ2) is 10.8. The summed E-state index contributed by atoms with van der Waals surface area (Å²) in [6.07, 6.45) is -4.34. The Labute approximate surface area is 252 Å². The number of benzene rings is 1. The second-order valence-corrected chi connectivity index (χ2v) is 12.7. The number of primary amides is 1. The number of piperidine rings is 1. The zero-order valence-electron chi connectivity index (χ0n) is 24.9. The molecule has 1 aromatic rings. The Morgan fingerprint density at radius 1 is 1.11 bits per heavy atom. The fraction of sp³-hybridized carbons (Fsp3) is 0.567. The Kier molecular flexibility index (Phi) is 7.78. The van der Waals surface area contributed by atoms with E-state index >= 15 is 0 Å². The first kappa shape index (κ1) is 31.8. The molecule has 0 spiro atoms. The smallest absolute Gasteiger partial charge is 0.391 e. The van der Waals surface area contributed by atoms with Crippen LogP contribution in [-0.4, -0.2) is 107 Å². The lowest BCUT2D eigenvalue weighted by Crippen LogP contribution is -2.65. The molecule has 11 nitrogen and oxygen atoms in total. The maximum atomic E-state index is 14.1. The van der Waals surface area contributed by atoms with Crippen molar-refractivity contribution in [3.05, 3.63) is 39.7 Å². The van der Waals surface area contributed by atoms with Crippen molar-refractivity contribution in [3.63, 3.8) is 0 Å². The normalized spacial score (nSPS) is 28.2. The number of likely N-dealkylation sites (N-methyl/N-ethyl adjacent to an activating group) is 1. The van der Waals surface area contributed by atoms with Gasteiger partial charge in [0.25, 0.3) is 5.91 Å². The Morgan fingerprint density at radius 3 is 2.25 bits per heavy atom. The second-order valence-electron chi connectivity index (χ2n) is 12.7. The summed E-state index contributed by atoms with van der Waals surface area (Å²) in [5, 5.41) is 45.9. The van der Waals surface area contributed by atoms with Gasteiger partial charge in [0, 0.05) is 43.4 Å². The molecule has 4 aliphatic rings. The number of nitrogens with two attached hydrogens (primary N) is 1. The fourth-order valence-electron chi connectivity index (χ4n) is 7.52. The number of anilines is 1. The van der Waals surface area contributed by atoms with Crippen molar-refractivity contribution in [1.29, 1.82) is 0 Å². The van der Waals surface area contributed by atoms with Crippen LogP contribution in [0.15, 0.2) is 23.0 Å². The van der Waals surface area contributed by atoms with E-state index < -0.39 is 70.1 Å². The first-order chi connectivity index (χ1) is 20.4. The van der Waals surface area contributed by atoms with Crippen molar-refractivity contribution >= 4 is 28.9 Å². The molecular weight excluding hydrogens is 585 g/mol. The first-order valence-electron chi connectivity index (χ1n) is 14.4. The van der Waals surface area contributed by atoms with Gasteiger partial charge in [0.1, 0.15) is 22.8 Å². The minimum atomic E-state index is -4.28. The van der Waals surface area contributed by atoms with E-state index in [-0.39, 0.29) is 62.2 Å². The van der Waals surface area contributed by atoms with E-state index in [0.717, 1.165) is 0 Å². The van der Waals surface area contributed by atoms with Crippen LogP contribution < -0.4 is 10.6 Å². The minimum Gasteiger partial charge on any atom is -0.508 e. The molecule has 5 rings (SSSR count). The molecule has 1 saturated heterocycles. The molecule has 6 N–H and O–H groups in total. The maximum absolute atomic E-state index is 14.1. The molecule has 1 amide bonds. The Hall–Kier alpha value is -3.62. The van der Waals surface area contributed by atoms with Gasteiger partial charge in [-0.2, -0.15) is 13.2 Å². The number of hydrogen-bond acceptors (Lipinski definition) is 10. The highest BCUT2D eigenvalue weighted by atomic mass is 19.4. The number of phenolic OH excluding ortho intramolecular Hbond substituents is 1. The molecule has 0 bridgehead atoms. The topological polar surface area (TPSA) is 168 Å². The number of phenols is 1. The number of aromatic hydroxyl groups is 1. The third-order valence-corrected chi connectivity index (χ3v) is 9.70. The van der Waals surface area contributed by atoms with Crippen LogP contribution in [0.3, 0.4) is 0 Å². The largest absolute Gasteiger partial charge is 0.508 e. The number of ketones is 2. The van der Waals surface area contributed by atoms with E-state index in [1.807, 2.05) is 0 Å². The summed E-state index contributed by atoms with van der Waals surface area (Å²) in [7, 11) is 6.57. The highest BCUT2D eigenvalue weighted by Crippen LogP contribution is 2.54. The predicted octanol–water partition coefficient (Wildman–Crippen LogP) is 1.80. The Bertz CT molecular complexity index is 1490. The quantitative estimate of drug-likeness (QED) is 0.306. The molecule has 1 saturated carbocycles. The van der Waals surface area contributed by atoms with Crippen LogP contribution in [0.5, 0.6) is 5.75 Å². The van der Waals surface area contributed by atoms with Gasteiger partial charge in [-0.15, -0.1) is 0 Å². The number of Topliss-reactive ketones (excluding diaryl/α,β-unsaturated/α-hetero) is 2. The number of hydrogen-bond donors (Lipinski definition) is 5. The van der Waals surface area contributed by atoms with Crippen LogP contribution in [0, 0.1) is 17.8 Å². The van der Waals surface area contributed by atoms with Crippen molar-refractivity contribution in [2.75, 3.05) is 46.2 Å². The molecule has 240 valence electrons. The van der Waals surface area contributed by atoms with E-state index in [0.29, 0.717) is 16.8 Å². The molecule has 2 fully saturated rings. The van der Waals surface area contributed by atoms with Crippen LogP contribution in [0.1, 0.15) is 36.0 Å². The number of carbonyl (C=O) groups is 3. The van der Waals surface area contributed by atoms with Crippen LogP contribution in [0.25, 0.3) is 5.76 Å². The summed E-state index contributed by atoms with van der Waals surface area (Å²) in [5.41, 5.74) is 2.88. The average Bonchev–Trinajstić information content (AvgIpc) is 2.91. The van der Waals surface area contributed by atoms with Crippen LogP contribution >= 0.6 is 0 Å². The number of rotatable bonds is 5. The van der Waals surface area contributed by atoms with Gasteiger partial charge >= 0.3 is 6.18 Å². The first-order valence-corrected chi connectivity index (χ1v) is 14.4. The minimum absolute atomic E-state index is 0.0324. The molecule has 3 aliphatic carbocycles. The zero-order valence-corrected chi connectivity index (χ0v) is 24.9. The van der Waals surface area contributed by atoms with E-state index in [1.165, 1.54) is 19.0 Å². The molecule has 1 heterocycles. The average molecular weight is 623 g/mol. The van der Waals surface area contributed by atoms with Gasteiger partial charge < -0.3 is 31.1 Å². The Morgan fingerprint density at radius 2 is 1.73 bits per heavy atom. The van der Waals surface area contributed by atoms with Gasteiger partial charge in [-0.1, -0.05) is 0 Å². The van der Waals surface area contributed by atoms with Crippen molar-refractivity contribution in [3.8, 4) is 5.75 Å². The van der Waals surface area contributed by atoms with Crippen molar-refractivity contribution < 1.29 is 48.0 Å². The monoisotopic (exact) mass is 622 g/mol. The highest BCUT2D eigenvalue weighted by molar-refractivity contribution is 6.24. The number of likely N-dealkylation sites (tertiary alicyclic amines) is 1. The van der Waals surface area contributed by atoms with Crippen LogP contribution in [-0.2, 0) is 27.3 Å². The van der Waals surface area contributed by atoms with E-state index in [1.54, 1.807) is 30.0 Å². The zero-order chi connectivity index (χ0) is 32.6. The van der Waals surface area contributed by atoms with E-state index in [9.17, 15) is 48.0 Å². The van der Waals surface area contributed by atoms with Crippen molar-refractivity contribution in [2.24, 2.45) is 23.5 Å². The fourth-order valence-corrected chi connectivity index (χ4v) is 7.52. The molecule has 1 aliphatic heterocycles. The highest BCUT2D eigenvalue weighted by Gasteiger charge is 2.64. The van der Waals surface area contributed by atoms with E-state index in [2.05, 4.69) is 0 Å². The van der Waals surface area contributed by atoms with Gasteiger partial charge in [0.2, 0.25) is 5.78 Å². The summed E-state index contributed by atoms with van der Waals surface area (Å²) >= 11 is 0. The molecule has 0 unspecified atom stereocenters. The lowest BCUT2D eigenvalue weighted by molar-refractivity contribution is -0.185. The SMILES string of the molecule is CN(C)c1cc(CN2CCC(C(F)(F)F)CC2)c(O)c2c1C[C@H]1C[C@H]3[C@H](N(C)C)C(=O)C(C(N)=O)=C(O)[C@@]3(O)C(=O)C1=C2O. The molecule has 0 radical (unpaired) electrons.